The van der Waals surface area contributed by atoms with Gasteiger partial charge in [0.25, 0.3) is 0 Å². The van der Waals surface area contributed by atoms with Gasteiger partial charge in [-0.05, 0) is 26.3 Å². The summed E-state index contributed by atoms with van der Waals surface area (Å²) in [5.74, 6) is 0. The Bertz CT molecular complexity index is 413. The zero-order valence-corrected chi connectivity index (χ0v) is 9.81. The van der Waals surface area contributed by atoms with Crippen molar-refractivity contribution in [1.82, 2.24) is 4.90 Å². The molecule has 1 aliphatic heterocycles. The summed E-state index contributed by atoms with van der Waals surface area (Å²) in [4.78, 5) is 13.3. The van der Waals surface area contributed by atoms with Gasteiger partial charge in [0.2, 0.25) is 0 Å². The standard InChI is InChI=1S/C13H17NO2/c1-9(2)14-12(10(3)16-13(14)15)11-7-5-4-6-8-11/h4-10,12H,1-3H3/t10-,12-/m0/s1/i9D. The van der Waals surface area contributed by atoms with E-state index in [2.05, 4.69) is 0 Å². The molecule has 0 radical (unpaired) electrons. The Balaban J connectivity index is 2.40. The van der Waals surface area contributed by atoms with Gasteiger partial charge >= 0.3 is 6.09 Å². The molecule has 0 N–H and O–H groups in total. The zero-order valence-electron chi connectivity index (χ0n) is 10.8. The number of cyclic esters (lactones) is 1. The maximum Gasteiger partial charge on any atom is 0.410 e. The van der Waals surface area contributed by atoms with Gasteiger partial charge in [0.1, 0.15) is 6.10 Å². The van der Waals surface area contributed by atoms with Crippen LogP contribution >= 0.6 is 0 Å². The van der Waals surface area contributed by atoms with Crippen LogP contribution in [0.4, 0.5) is 4.79 Å². The Labute approximate surface area is 97.4 Å². The van der Waals surface area contributed by atoms with Gasteiger partial charge in [-0.15, -0.1) is 0 Å². The summed E-state index contributed by atoms with van der Waals surface area (Å²) >= 11 is 0. The summed E-state index contributed by atoms with van der Waals surface area (Å²) in [5.41, 5.74) is 1.01. The number of ether oxygens (including phenoxy) is 1. The monoisotopic (exact) mass is 220 g/mol. The van der Waals surface area contributed by atoms with Crippen molar-refractivity contribution in [3.05, 3.63) is 35.9 Å². The molecule has 3 heteroatoms. The molecule has 0 aromatic heterocycles. The van der Waals surface area contributed by atoms with E-state index < -0.39 is 12.1 Å². The molecule has 1 heterocycles. The van der Waals surface area contributed by atoms with Crippen LogP contribution < -0.4 is 0 Å². The maximum atomic E-state index is 11.8. The van der Waals surface area contributed by atoms with Crippen molar-refractivity contribution in [1.29, 1.82) is 0 Å². The molecule has 1 aromatic carbocycles. The number of hydrogen-bond acceptors (Lipinski definition) is 2. The number of amides is 1. The number of nitrogens with zero attached hydrogens (tertiary/aromatic N) is 1. The first-order valence-electron chi connectivity index (χ1n) is 5.96. The smallest absolute Gasteiger partial charge is 0.410 e. The predicted octanol–water partition coefficient (Wildman–Crippen LogP) is 2.98. The molecule has 2 atom stereocenters. The number of carbonyl (C=O) groups excluding carboxylic acids is 1. The molecule has 1 aliphatic rings. The van der Waals surface area contributed by atoms with Crippen molar-refractivity contribution >= 4 is 6.09 Å². The minimum atomic E-state index is -0.984. The Kier molecular flexibility index (Phi) is 2.52. The summed E-state index contributed by atoms with van der Waals surface area (Å²) in [7, 11) is 0. The van der Waals surface area contributed by atoms with Crippen molar-refractivity contribution in [2.45, 2.75) is 38.9 Å². The second-order valence-electron chi connectivity index (χ2n) is 4.26. The van der Waals surface area contributed by atoms with Gasteiger partial charge in [-0.1, -0.05) is 30.3 Å². The van der Waals surface area contributed by atoms with Crippen molar-refractivity contribution in [2.24, 2.45) is 0 Å². The van der Waals surface area contributed by atoms with Crippen LogP contribution in [0.3, 0.4) is 0 Å². The first-order chi connectivity index (χ1) is 7.91. The molecule has 1 amide bonds. The van der Waals surface area contributed by atoms with Gasteiger partial charge in [0.15, 0.2) is 0 Å². The normalized spacial score (nSPS) is 26.6. The molecule has 0 bridgehead atoms. The van der Waals surface area contributed by atoms with E-state index in [1.165, 1.54) is 4.90 Å². The first-order valence-corrected chi connectivity index (χ1v) is 5.46. The molecular weight excluding hydrogens is 202 g/mol. The number of benzene rings is 1. The molecule has 0 aliphatic carbocycles. The first kappa shape index (κ1) is 9.70. The lowest BCUT2D eigenvalue weighted by Crippen LogP contribution is -2.34. The highest BCUT2D eigenvalue weighted by atomic mass is 16.6. The molecule has 0 unspecified atom stereocenters. The van der Waals surface area contributed by atoms with E-state index in [4.69, 9.17) is 6.11 Å². The molecule has 1 fully saturated rings. The Morgan fingerprint density at radius 1 is 1.38 bits per heavy atom. The van der Waals surface area contributed by atoms with Crippen molar-refractivity contribution < 1.29 is 10.9 Å². The highest BCUT2D eigenvalue weighted by molar-refractivity contribution is 5.71. The molecule has 86 valence electrons. The summed E-state index contributed by atoms with van der Waals surface area (Å²) in [6.07, 6.45) is -0.638. The van der Waals surface area contributed by atoms with Gasteiger partial charge in [-0.3, -0.25) is 4.90 Å². The maximum absolute atomic E-state index is 11.8. The SMILES string of the molecule is [2H]C(C)(C)N1C(=O)O[C@@H](C)[C@H]1c1ccccc1. The van der Waals surface area contributed by atoms with Gasteiger partial charge in [0.05, 0.1) is 7.41 Å². The molecule has 0 spiro atoms. The van der Waals surface area contributed by atoms with Gasteiger partial charge in [0, 0.05) is 6.02 Å². The third-order valence-corrected chi connectivity index (χ3v) is 2.83. The van der Waals surface area contributed by atoms with E-state index in [1.807, 2.05) is 37.3 Å². The van der Waals surface area contributed by atoms with Crippen LogP contribution in [0, 0.1) is 0 Å². The Morgan fingerprint density at radius 2 is 2.00 bits per heavy atom. The van der Waals surface area contributed by atoms with Crippen molar-refractivity contribution in [3.63, 3.8) is 0 Å². The minimum Gasteiger partial charge on any atom is -0.444 e. The fourth-order valence-corrected chi connectivity index (χ4v) is 2.13. The molecule has 16 heavy (non-hydrogen) atoms. The van der Waals surface area contributed by atoms with E-state index in [9.17, 15) is 4.79 Å². The van der Waals surface area contributed by atoms with E-state index >= 15 is 0 Å². The summed E-state index contributed by atoms with van der Waals surface area (Å²) in [6, 6.07) is 8.55. The van der Waals surface area contributed by atoms with Crippen LogP contribution in [0.15, 0.2) is 30.3 Å². The third-order valence-electron chi connectivity index (χ3n) is 2.83. The van der Waals surface area contributed by atoms with Gasteiger partial charge in [-0.2, -0.15) is 0 Å². The molecule has 2 rings (SSSR count). The Morgan fingerprint density at radius 3 is 2.56 bits per heavy atom. The van der Waals surface area contributed by atoms with Gasteiger partial charge in [-0.25, -0.2) is 4.79 Å². The second-order valence-corrected chi connectivity index (χ2v) is 4.26. The van der Waals surface area contributed by atoms with E-state index in [0.29, 0.717) is 0 Å². The summed E-state index contributed by atoms with van der Waals surface area (Å²) in [5, 5.41) is 0. The lowest BCUT2D eigenvalue weighted by atomic mass is 10.0. The largest absolute Gasteiger partial charge is 0.444 e. The van der Waals surface area contributed by atoms with Crippen LogP contribution in [0.25, 0.3) is 0 Å². The number of carbonyl (C=O) groups is 1. The highest BCUT2D eigenvalue weighted by Gasteiger charge is 2.41. The van der Waals surface area contributed by atoms with Crippen molar-refractivity contribution in [3.8, 4) is 0 Å². The van der Waals surface area contributed by atoms with E-state index in [0.717, 1.165) is 5.56 Å². The van der Waals surface area contributed by atoms with Crippen LogP contribution in [0.1, 0.15) is 33.7 Å². The predicted molar refractivity (Wildman–Crippen MR) is 62.1 cm³/mol. The molecule has 3 nitrogen and oxygen atoms in total. The topological polar surface area (TPSA) is 29.5 Å². The second kappa shape index (κ2) is 4.16. The Hall–Kier alpha value is -1.51. The van der Waals surface area contributed by atoms with Crippen molar-refractivity contribution in [2.75, 3.05) is 0 Å². The third kappa shape index (κ3) is 1.77. The minimum absolute atomic E-state index is 0.184. The molecule has 0 saturated carbocycles. The average molecular weight is 220 g/mol. The number of rotatable bonds is 2. The lowest BCUT2D eigenvalue weighted by molar-refractivity contribution is 0.134. The highest BCUT2D eigenvalue weighted by Crippen LogP contribution is 2.34. The molecule has 1 saturated heterocycles. The molecular formula is C13H17NO2. The van der Waals surface area contributed by atoms with Crippen LogP contribution in [0.2, 0.25) is 0 Å². The fraction of sp³-hybridized carbons (Fsp3) is 0.462. The zero-order chi connectivity index (χ0) is 12.6. The summed E-state index contributed by atoms with van der Waals surface area (Å²) < 4.78 is 13.3. The van der Waals surface area contributed by atoms with Crippen LogP contribution in [0.5, 0.6) is 0 Å². The number of hydrogen-bond donors (Lipinski definition) is 0. The van der Waals surface area contributed by atoms with E-state index in [1.54, 1.807) is 13.8 Å². The fourth-order valence-electron chi connectivity index (χ4n) is 2.13. The molecule has 1 aromatic rings. The quantitative estimate of drug-likeness (QED) is 0.766. The summed E-state index contributed by atoms with van der Waals surface area (Å²) in [6.45, 7) is 5.26. The van der Waals surface area contributed by atoms with E-state index in [-0.39, 0.29) is 12.1 Å². The van der Waals surface area contributed by atoms with Gasteiger partial charge < -0.3 is 4.74 Å². The van der Waals surface area contributed by atoms with Crippen LogP contribution in [-0.4, -0.2) is 23.1 Å². The average Bonchev–Trinajstić information content (AvgIpc) is 2.54. The lowest BCUT2D eigenvalue weighted by Gasteiger charge is -2.27. The van der Waals surface area contributed by atoms with Crippen LogP contribution in [-0.2, 0) is 4.74 Å².